The minimum atomic E-state index is 0.309. The van der Waals surface area contributed by atoms with E-state index in [9.17, 15) is 0 Å². The number of imidazole rings is 1. The van der Waals surface area contributed by atoms with Crippen molar-refractivity contribution in [3.63, 3.8) is 0 Å². The van der Waals surface area contributed by atoms with Crippen molar-refractivity contribution in [2.75, 3.05) is 6.61 Å². The third-order valence-corrected chi connectivity index (χ3v) is 1.66. The van der Waals surface area contributed by atoms with E-state index >= 15 is 0 Å². The third kappa shape index (κ3) is 3.18. The summed E-state index contributed by atoms with van der Waals surface area (Å²) in [5, 5.41) is 8.50. The molecule has 0 aliphatic carbocycles. The van der Waals surface area contributed by atoms with Crippen molar-refractivity contribution >= 4 is 0 Å². The third-order valence-electron chi connectivity index (χ3n) is 1.66. The lowest BCUT2D eigenvalue weighted by molar-refractivity contribution is 0.283. The minimum absolute atomic E-state index is 0.309. The summed E-state index contributed by atoms with van der Waals surface area (Å²) >= 11 is 0. The molecule has 11 heavy (non-hydrogen) atoms. The summed E-state index contributed by atoms with van der Waals surface area (Å²) in [7, 11) is 0. The molecule has 1 aromatic rings. The van der Waals surface area contributed by atoms with E-state index in [0.29, 0.717) is 6.61 Å². The number of hydrogen-bond acceptors (Lipinski definition) is 2. The smallest absolute Gasteiger partial charge is 0.0921 e. The Bertz CT molecular complexity index is 172. The van der Waals surface area contributed by atoms with Crippen molar-refractivity contribution < 1.29 is 5.11 Å². The van der Waals surface area contributed by atoms with Gasteiger partial charge in [0, 0.05) is 18.5 Å². The van der Waals surface area contributed by atoms with Crippen LogP contribution in [0.3, 0.4) is 0 Å². The fraction of sp³-hybridized carbons (Fsp3) is 0.625. The number of aromatic amines is 1. The van der Waals surface area contributed by atoms with Gasteiger partial charge < -0.3 is 10.1 Å². The van der Waals surface area contributed by atoms with Crippen LogP contribution < -0.4 is 0 Å². The fourth-order valence-electron chi connectivity index (χ4n) is 1.03. The number of aliphatic hydroxyl groups is 1. The highest BCUT2D eigenvalue weighted by molar-refractivity contribution is 4.93. The number of aryl methyl sites for hydroxylation is 1. The molecule has 1 heterocycles. The molecule has 3 nitrogen and oxygen atoms in total. The molecule has 1 rings (SSSR count). The van der Waals surface area contributed by atoms with Crippen LogP contribution in [-0.4, -0.2) is 21.7 Å². The molecule has 1 aromatic heterocycles. The Labute approximate surface area is 66.5 Å². The standard InChI is InChI=1S/C8H14N2O/c11-5-3-1-2-4-8-6-9-7-10-8/h6-7,11H,1-5H2,(H,9,10). The van der Waals surface area contributed by atoms with E-state index in [-0.39, 0.29) is 0 Å². The van der Waals surface area contributed by atoms with Gasteiger partial charge in [0.2, 0.25) is 0 Å². The zero-order chi connectivity index (χ0) is 7.94. The summed E-state index contributed by atoms with van der Waals surface area (Å²) in [6, 6.07) is 0. The van der Waals surface area contributed by atoms with Gasteiger partial charge in [0.05, 0.1) is 6.33 Å². The topological polar surface area (TPSA) is 48.9 Å². The number of aliphatic hydroxyl groups excluding tert-OH is 1. The van der Waals surface area contributed by atoms with Crippen molar-refractivity contribution in [2.24, 2.45) is 0 Å². The van der Waals surface area contributed by atoms with Gasteiger partial charge in [0.15, 0.2) is 0 Å². The maximum Gasteiger partial charge on any atom is 0.0921 e. The second-order valence-corrected chi connectivity index (χ2v) is 2.61. The number of H-pyrrole nitrogens is 1. The van der Waals surface area contributed by atoms with Crippen LogP contribution in [0.5, 0.6) is 0 Å². The van der Waals surface area contributed by atoms with E-state index in [1.165, 1.54) is 5.69 Å². The first kappa shape index (κ1) is 8.27. The largest absolute Gasteiger partial charge is 0.396 e. The second kappa shape index (κ2) is 4.91. The Morgan fingerprint density at radius 3 is 2.91 bits per heavy atom. The molecule has 0 unspecified atom stereocenters. The summed E-state index contributed by atoms with van der Waals surface area (Å²) in [5.74, 6) is 0. The Morgan fingerprint density at radius 1 is 1.36 bits per heavy atom. The number of nitrogens with one attached hydrogen (secondary N) is 1. The Balaban J connectivity index is 2.04. The molecule has 0 bridgehead atoms. The molecular formula is C8H14N2O. The van der Waals surface area contributed by atoms with Crippen LogP contribution in [-0.2, 0) is 6.42 Å². The molecule has 3 heteroatoms. The van der Waals surface area contributed by atoms with Crippen LogP contribution in [0.4, 0.5) is 0 Å². The van der Waals surface area contributed by atoms with Gasteiger partial charge in [-0.15, -0.1) is 0 Å². The Kier molecular flexibility index (Phi) is 3.69. The van der Waals surface area contributed by atoms with Gasteiger partial charge in [-0.1, -0.05) is 6.42 Å². The van der Waals surface area contributed by atoms with E-state index in [0.717, 1.165) is 25.7 Å². The summed E-state index contributed by atoms with van der Waals surface area (Å²) in [5.41, 5.74) is 1.18. The average Bonchev–Trinajstić information content (AvgIpc) is 2.50. The highest BCUT2D eigenvalue weighted by Crippen LogP contribution is 2.01. The van der Waals surface area contributed by atoms with Gasteiger partial charge >= 0.3 is 0 Å². The molecule has 0 aliphatic heterocycles. The first-order chi connectivity index (χ1) is 5.43. The van der Waals surface area contributed by atoms with Crippen LogP contribution in [0, 0.1) is 0 Å². The van der Waals surface area contributed by atoms with Crippen LogP contribution in [0.1, 0.15) is 25.0 Å². The average molecular weight is 154 g/mol. The number of rotatable bonds is 5. The van der Waals surface area contributed by atoms with Gasteiger partial charge in [-0.3, -0.25) is 0 Å². The first-order valence-corrected chi connectivity index (χ1v) is 4.01. The lowest BCUT2D eigenvalue weighted by atomic mass is 10.2. The molecule has 0 radical (unpaired) electrons. The van der Waals surface area contributed by atoms with Crippen molar-refractivity contribution in [1.29, 1.82) is 0 Å². The van der Waals surface area contributed by atoms with E-state index in [4.69, 9.17) is 5.11 Å². The minimum Gasteiger partial charge on any atom is -0.396 e. The van der Waals surface area contributed by atoms with Gasteiger partial charge in [-0.2, -0.15) is 0 Å². The molecule has 0 spiro atoms. The number of nitrogens with zero attached hydrogens (tertiary/aromatic N) is 1. The summed E-state index contributed by atoms with van der Waals surface area (Å²) in [6.45, 7) is 0.309. The first-order valence-electron chi connectivity index (χ1n) is 4.01. The van der Waals surface area contributed by atoms with E-state index in [1.54, 1.807) is 6.33 Å². The van der Waals surface area contributed by atoms with Gasteiger partial charge in [-0.25, -0.2) is 4.98 Å². The normalized spacial score (nSPS) is 10.3. The van der Waals surface area contributed by atoms with Crippen molar-refractivity contribution in [3.05, 3.63) is 18.2 Å². The molecule has 0 fully saturated rings. The molecule has 0 saturated heterocycles. The number of aromatic nitrogens is 2. The van der Waals surface area contributed by atoms with Crippen LogP contribution in [0.2, 0.25) is 0 Å². The van der Waals surface area contributed by atoms with E-state index < -0.39 is 0 Å². The van der Waals surface area contributed by atoms with Gasteiger partial charge in [0.25, 0.3) is 0 Å². The highest BCUT2D eigenvalue weighted by Gasteiger charge is 1.92. The highest BCUT2D eigenvalue weighted by atomic mass is 16.2. The molecule has 0 amide bonds. The molecule has 2 N–H and O–H groups in total. The monoisotopic (exact) mass is 154 g/mol. The molecule has 0 atom stereocenters. The number of unbranched alkanes of at least 4 members (excludes halogenated alkanes) is 2. The van der Waals surface area contributed by atoms with E-state index in [2.05, 4.69) is 9.97 Å². The molecule has 0 saturated carbocycles. The molecule has 0 aliphatic rings. The zero-order valence-corrected chi connectivity index (χ0v) is 6.58. The SMILES string of the molecule is OCCCCCc1cnc[nH]1. The predicted molar refractivity (Wildman–Crippen MR) is 43.2 cm³/mol. The van der Waals surface area contributed by atoms with Gasteiger partial charge in [-0.05, 0) is 19.3 Å². The molecule has 0 aromatic carbocycles. The zero-order valence-electron chi connectivity index (χ0n) is 6.58. The fourth-order valence-corrected chi connectivity index (χ4v) is 1.03. The van der Waals surface area contributed by atoms with Crippen molar-refractivity contribution in [1.82, 2.24) is 9.97 Å². The molecular weight excluding hydrogens is 140 g/mol. The Hall–Kier alpha value is -0.830. The molecule has 62 valence electrons. The quantitative estimate of drug-likeness (QED) is 0.624. The lowest BCUT2D eigenvalue weighted by Gasteiger charge is -1.95. The van der Waals surface area contributed by atoms with Crippen LogP contribution in [0.15, 0.2) is 12.5 Å². The Morgan fingerprint density at radius 2 is 2.27 bits per heavy atom. The lowest BCUT2D eigenvalue weighted by Crippen LogP contribution is -1.87. The second-order valence-electron chi connectivity index (χ2n) is 2.61. The number of hydrogen-bond donors (Lipinski definition) is 2. The summed E-state index contributed by atoms with van der Waals surface area (Å²) in [4.78, 5) is 6.96. The van der Waals surface area contributed by atoms with Crippen LogP contribution >= 0.6 is 0 Å². The van der Waals surface area contributed by atoms with E-state index in [1.807, 2.05) is 6.20 Å². The summed E-state index contributed by atoms with van der Waals surface area (Å²) in [6.07, 6.45) is 7.72. The maximum absolute atomic E-state index is 8.50. The van der Waals surface area contributed by atoms with Crippen LogP contribution in [0.25, 0.3) is 0 Å². The van der Waals surface area contributed by atoms with Crippen molar-refractivity contribution in [3.8, 4) is 0 Å². The maximum atomic E-state index is 8.50. The van der Waals surface area contributed by atoms with Crippen molar-refractivity contribution in [2.45, 2.75) is 25.7 Å². The summed E-state index contributed by atoms with van der Waals surface area (Å²) < 4.78 is 0. The van der Waals surface area contributed by atoms with Gasteiger partial charge in [0.1, 0.15) is 0 Å². The predicted octanol–water partition coefficient (Wildman–Crippen LogP) is 1.11.